The number of carbonyl (C=O) groups excluding carboxylic acids is 1. The van der Waals surface area contributed by atoms with E-state index in [-0.39, 0.29) is 0 Å². The fourth-order valence-corrected chi connectivity index (χ4v) is 2.92. The van der Waals surface area contributed by atoms with E-state index < -0.39 is 0 Å². The third-order valence-electron chi connectivity index (χ3n) is 3.33. The van der Waals surface area contributed by atoms with Crippen molar-refractivity contribution < 1.29 is 4.79 Å². The molecule has 106 valence electrons. The summed E-state index contributed by atoms with van der Waals surface area (Å²) in [6.45, 7) is 4.95. The van der Waals surface area contributed by atoms with Crippen molar-refractivity contribution in [1.82, 2.24) is 9.97 Å². The number of thiazole rings is 1. The summed E-state index contributed by atoms with van der Waals surface area (Å²) in [5.41, 5.74) is 2.04. The van der Waals surface area contributed by atoms with Gasteiger partial charge < -0.3 is 4.90 Å². The van der Waals surface area contributed by atoms with E-state index in [1.54, 1.807) is 6.20 Å². The first-order valence-corrected chi connectivity index (χ1v) is 7.53. The lowest BCUT2D eigenvalue weighted by Gasteiger charge is -2.15. The Kier molecular flexibility index (Phi) is 4.84. The summed E-state index contributed by atoms with van der Waals surface area (Å²) in [6, 6.07) is 3.96. The number of pyridine rings is 1. The number of aromatic nitrogens is 2. The highest BCUT2D eigenvalue weighted by molar-refractivity contribution is 7.17. The summed E-state index contributed by atoms with van der Waals surface area (Å²) >= 11 is 1.46. The molecular formula is C15H19N3OS. The van der Waals surface area contributed by atoms with Crippen LogP contribution in [0.2, 0.25) is 0 Å². The summed E-state index contributed by atoms with van der Waals surface area (Å²) in [7, 11) is 1.99. The Hall–Kier alpha value is -1.75. The molecule has 0 amide bonds. The maximum atomic E-state index is 11.2. The molecule has 0 bridgehead atoms. The number of hydrogen-bond donors (Lipinski definition) is 0. The maximum Gasteiger partial charge on any atom is 0.186 e. The van der Waals surface area contributed by atoms with Gasteiger partial charge in [0.2, 0.25) is 0 Å². The van der Waals surface area contributed by atoms with E-state index in [1.165, 1.54) is 11.3 Å². The quantitative estimate of drug-likeness (QED) is 0.764. The van der Waals surface area contributed by atoms with Crippen LogP contribution in [0.15, 0.2) is 24.5 Å². The average Bonchev–Trinajstić information content (AvgIpc) is 2.92. The van der Waals surface area contributed by atoms with Crippen LogP contribution in [0.1, 0.15) is 47.1 Å². The van der Waals surface area contributed by atoms with Crippen LogP contribution in [0.4, 0.5) is 5.13 Å². The lowest BCUT2D eigenvalue weighted by Crippen LogP contribution is -2.16. The van der Waals surface area contributed by atoms with Crippen LogP contribution in [0, 0.1) is 0 Å². The van der Waals surface area contributed by atoms with Gasteiger partial charge in [0.05, 0.1) is 10.6 Å². The molecule has 0 radical (unpaired) electrons. The van der Waals surface area contributed by atoms with E-state index in [9.17, 15) is 4.79 Å². The summed E-state index contributed by atoms with van der Waals surface area (Å²) in [6.07, 6.45) is 5.51. The third kappa shape index (κ3) is 3.22. The van der Waals surface area contributed by atoms with Crippen LogP contribution >= 0.6 is 11.3 Å². The topological polar surface area (TPSA) is 46.1 Å². The van der Waals surface area contributed by atoms with Gasteiger partial charge in [-0.15, -0.1) is 0 Å². The van der Waals surface area contributed by atoms with Crippen LogP contribution in [0.3, 0.4) is 0 Å². The number of hydrogen-bond acceptors (Lipinski definition) is 5. The van der Waals surface area contributed by atoms with E-state index in [4.69, 9.17) is 0 Å². The molecule has 20 heavy (non-hydrogen) atoms. The van der Waals surface area contributed by atoms with Gasteiger partial charge in [-0.05, 0) is 24.0 Å². The molecule has 1 unspecified atom stereocenters. The van der Waals surface area contributed by atoms with Crippen molar-refractivity contribution in [2.45, 2.75) is 32.7 Å². The fourth-order valence-electron chi connectivity index (χ4n) is 1.96. The fraction of sp³-hybridized carbons (Fsp3) is 0.400. The molecule has 0 spiro atoms. The smallest absolute Gasteiger partial charge is 0.186 e. The largest absolute Gasteiger partial charge is 0.347 e. The minimum Gasteiger partial charge on any atom is -0.347 e. The molecule has 0 aromatic carbocycles. The molecule has 0 N–H and O–H groups in total. The first kappa shape index (κ1) is 14.7. The monoisotopic (exact) mass is 289 g/mol. The van der Waals surface area contributed by atoms with Gasteiger partial charge in [0, 0.05) is 26.0 Å². The molecule has 0 saturated carbocycles. The van der Waals surface area contributed by atoms with Gasteiger partial charge in [0.15, 0.2) is 11.4 Å². The zero-order valence-corrected chi connectivity index (χ0v) is 12.9. The minimum absolute atomic E-state index is 0.312. The summed E-state index contributed by atoms with van der Waals surface area (Å²) in [4.78, 5) is 22.7. The van der Waals surface area contributed by atoms with Crippen molar-refractivity contribution in [2.24, 2.45) is 0 Å². The van der Waals surface area contributed by atoms with Crippen molar-refractivity contribution in [3.8, 4) is 0 Å². The summed E-state index contributed by atoms with van der Waals surface area (Å²) in [5.74, 6) is 0.312. The molecule has 1 atom stereocenters. The Bertz CT molecular complexity index is 568. The Morgan fingerprint density at radius 3 is 2.90 bits per heavy atom. The molecular weight excluding hydrogens is 270 g/mol. The Balaban J connectivity index is 2.20. The number of nitrogens with zero attached hydrogens (tertiary/aromatic N) is 3. The molecule has 5 heteroatoms. The Morgan fingerprint density at radius 1 is 1.50 bits per heavy atom. The first-order valence-electron chi connectivity index (χ1n) is 6.71. The van der Waals surface area contributed by atoms with Gasteiger partial charge in [0.25, 0.3) is 0 Å². The second kappa shape index (κ2) is 6.61. The van der Waals surface area contributed by atoms with Crippen molar-refractivity contribution in [1.29, 1.82) is 0 Å². The average molecular weight is 289 g/mol. The predicted molar refractivity (Wildman–Crippen MR) is 82.6 cm³/mol. The van der Waals surface area contributed by atoms with Gasteiger partial charge in [-0.25, -0.2) is 4.98 Å². The normalized spacial score (nSPS) is 12.2. The molecule has 2 heterocycles. The van der Waals surface area contributed by atoms with E-state index in [1.807, 2.05) is 25.4 Å². The second-order valence-corrected chi connectivity index (χ2v) is 5.90. The highest BCUT2D eigenvalue weighted by Gasteiger charge is 2.17. The number of carbonyl (C=O) groups is 1. The van der Waals surface area contributed by atoms with Crippen LogP contribution in [0.25, 0.3) is 0 Å². The van der Waals surface area contributed by atoms with Crippen molar-refractivity contribution >= 4 is 22.8 Å². The van der Waals surface area contributed by atoms with Gasteiger partial charge in [-0.3, -0.25) is 9.78 Å². The van der Waals surface area contributed by atoms with Crippen LogP contribution in [-0.2, 0) is 6.54 Å². The van der Waals surface area contributed by atoms with E-state index >= 15 is 0 Å². The van der Waals surface area contributed by atoms with E-state index in [0.717, 1.165) is 40.5 Å². The lowest BCUT2D eigenvalue weighted by molar-refractivity contribution is 0.112. The molecule has 2 aromatic rings. The lowest BCUT2D eigenvalue weighted by atomic mass is 10.0. The number of rotatable bonds is 6. The molecule has 0 saturated heterocycles. The summed E-state index contributed by atoms with van der Waals surface area (Å²) in [5, 5.41) is 0.881. The van der Waals surface area contributed by atoms with Crippen molar-refractivity contribution in [3.63, 3.8) is 0 Å². The van der Waals surface area contributed by atoms with Gasteiger partial charge in [0.1, 0.15) is 0 Å². The SMILES string of the molecule is CCC(C)c1nc(N(C)Cc2cccnc2)sc1C=O. The molecule has 0 aliphatic carbocycles. The van der Waals surface area contributed by atoms with Gasteiger partial charge in [-0.1, -0.05) is 31.3 Å². The minimum atomic E-state index is 0.312. The van der Waals surface area contributed by atoms with Crippen molar-refractivity contribution in [2.75, 3.05) is 11.9 Å². The van der Waals surface area contributed by atoms with Gasteiger partial charge >= 0.3 is 0 Å². The van der Waals surface area contributed by atoms with E-state index in [0.29, 0.717) is 5.92 Å². The molecule has 0 aliphatic rings. The standard InChI is InChI=1S/C15H19N3OS/c1-4-11(2)14-13(10-19)20-15(17-14)18(3)9-12-6-5-7-16-8-12/h5-8,10-11H,4,9H2,1-3H3. The zero-order chi connectivity index (χ0) is 14.5. The molecule has 4 nitrogen and oxygen atoms in total. The number of anilines is 1. The van der Waals surface area contributed by atoms with Crippen LogP contribution in [-0.4, -0.2) is 23.3 Å². The Morgan fingerprint density at radius 2 is 2.30 bits per heavy atom. The highest BCUT2D eigenvalue weighted by Crippen LogP contribution is 2.31. The zero-order valence-electron chi connectivity index (χ0n) is 12.0. The molecule has 0 aliphatic heterocycles. The number of aldehydes is 1. The van der Waals surface area contributed by atoms with Crippen LogP contribution < -0.4 is 4.90 Å². The molecule has 2 aromatic heterocycles. The van der Waals surface area contributed by atoms with Crippen LogP contribution in [0.5, 0.6) is 0 Å². The van der Waals surface area contributed by atoms with Gasteiger partial charge in [-0.2, -0.15) is 0 Å². The van der Waals surface area contributed by atoms with Crippen molar-refractivity contribution in [3.05, 3.63) is 40.7 Å². The summed E-state index contributed by atoms with van der Waals surface area (Å²) < 4.78 is 0. The Labute approximate surface area is 123 Å². The molecule has 0 fully saturated rings. The molecule has 2 rings (SSSR count). The van der Waals surface area contributed by atoms with E-state index in [2.05, 4.69) is 28.7 Å². The predicted octanol–water partition coefficient (Wildman–Crippen LogP) is 3.50. The maximum absolute atomic E-state index is 11.2. The second-order valence-electron chi connectivity index (χ2n) is 4.89. The third-order valence-corrected chi connectivity index (χ3v) is 4.44. The highest BCUT2D eigenvalue weighted by atomic mass is 32.1. The first-order chi connectivity index (χ1) is 9.65.